The Morgan fingerprint density at radius 2 is 1.97 bits per heavy atom. The molecular weight excluding hydrogens is 526 g/mol. The van der Waals surface area contributed by atoms with Gasteiger partial charge in [-0.05, 0) is 50.6 Å². The van der Waals surface area contributed by atoms with Gasteiger partial charge in [-0.1, -0.05) is 45.2 Å². The number of aryl methyl sites for hydroxylation is 1. The molecule has 0 aliphatic heterocycles. The van der Waals surface area contributed by atoms with Gasteiger partial charge in [0, 0.05) is 20.9 Å². The molecule has 0 bridgehead atoms. The number of unbranched alkanes of at least 4 members (excludes halogenated alkanes) is 1. The van der Waals surface area contributed by atoms with Gasteiger partial charge in [-0.15, -0.1) is 0 Å². The fourth-order valence-electron chi connectivity index (χ4n) is 3.13. The molecule has 1 heterocycles. The van der Waals surface area contributed by atoms with Crippen LogP contribution < -0.4 is 15.0 Å². The van der Waals surface area contributed by atoms with Gasteiger partial charge in [0.25, 0.3) is 5.56 Å². The molecule has 0 spiro atoms. The van der Waals surface area contributed by atoms with Crippen LogP contribution in [0.1, 0.15) is 45.0 Å². The van der Waals surface area contributed by atoms with E-state index >= 15 is 0 Å². The van der Waals surface area contributed by atoms with Gasteiger partial charge in [0.1, 0.15) is 5.82 Å². The lowest BCUT2D eigenvalue weighted by Crippen LogP contribution is -2.22. The second kappa shape index (κ2) is 10.4. The summed E-state index contributed by atoms with van der Waals surface area (Å²) in [6.45, 7) is 5.99. The largest absolute Gasteiger partial charge is 0.493 e. The maximum Gasteiger partial charge on any atom is 0.282 e. The maximum atomic E-state index is 13.3. The lowest BCUT2D eigenvalue weighted by Gasteiger charge is -2.16. The molecule has 0 radical (unpaired) electrons. The Kier molecular flexibility index (Phi) is 7.89. The molecule has 3 rings (SSSR count). The zero-order valence-electron chi connectivity index (χ0n) is 18.0. The van der Waals surface area contributed by atoms with Crippen molar-refractivity contribution in [3.8, 4) is 11.5 Å². The number of aromatic nitrogens is 2. The molecule has 0 amide bonds. The van der Waals surface area contributed by atoms with Crippen LogP contribution in [0.2, 0.25) is 0 Å². The highest BCUT2D eigenvalue weighted by Gasteiger charge is 2.15. The smallest absolute Gasteiger partial charge is 0.282 e. The number of nitrogens with zero attached hydrogens (tertiary/aromatic N) is 3. The van der Waals surface area contributed by atoms with Gasteiger partial charge in [-0.25, -0.2) is 4.98 Å². The molecule has 0 aliphatic rings. The van der Waals surface area contributed by atoms with Crippen molar-refractivity contribution in [3.05, 3.63) is 61.0 Å². The number of rotatable bonds is 8. The van der Waals surface area contributed by atoms with E-state index in [1.165, 1.54) is 4.68 Å². The quantitative estimate of drug-likeness (QED) is 0.325. The highest BCUT2D eigenvalue weighted by Crippen LogP contribution is 2.34. The molecule has 0 fully saturated rings. The fraction of sp³-hybridized carbons (Fsp3) is 0.348. The van der Waals surface area contributed by atoms with Crippen molar-refractivity contribution in [2.45, 2.75) is 46.1 Å². The van der Waals surface area contributed by atoms with Gasteiger partial charge in [0.15, 0.2) is 11.5 Å². The summed E-state index contributed by atoms with van der Waals surface area (Å²) >= 11 is 6.93. The van der Waals surface area contributed by atoms with Crippen molar-refractivity contribution in [1.82, 2.24) is 9.66 Å². The van der Waals surface area contributed by atoms with Gasteiger partial charge in [-0.3, -0.25) is 4.79 Å². The van der Waals surface area contributed by atoms with Gasteiger partial charge in [0.05, 0.1) is 30.3 Å². The topological polar surface area (TPSA) is 65.7 Å². The van der Waals surface area contributed by atoms with Crippen molar-refractivity contribution in [1.29, 1.82) is 0 Å². The SMILES string of the molecule is CCCCc1nc2ccc(Br)cc2c(=O)n1N=Cc1cc(Br)cc(OC)c1OC(C)C. The molecule has 0 atom stereocenters. The lowest BCUT2D eigenvalue weighted by atomic mass is 10.2. The molecule has 164 valence electrons. The van der Waals surface area contributed by atoms with E-state index in [4.69, 9.17) is 14.5 Å². The van der Waals surface area contributed by atoms with Crippen LogP contribution in [0.25, 0.3) is 10.9 Å². The standard InChI is InChI=1S/C23H25Br2N3O3/c1-5-6-7-21-27-19-9-8-16(24)11-18(19)23(29)28(21)26-13-15-10-17(25)12-20(30-4)22(15)31-14(2)3/h8-14H,5-7H2,1-4H3. The third-order valence-corrected chi connectivity index (χ3v) is 5.51. The van der Waals surface area contributed by atoms with E-state index < -0.39 is 0 Å². The number of fused-ring (bicyclic) bond motifs is 1. The second-order valence-electron chi connectivity index (χ2n) is 7.35. The molecule has 0 N–H and O–H groups in total. The molecule has 2 aromatic carbocycles. The number of benzene rings is 2. The Morgan fingerprint density at radius 3 is 2.65 bits per heavy atom. The van der Waals surface area contributed by atoms with Crippen LogP contribution >= 0.6 is 31.9 Å². The molecule has 1 aromatic heterocycles. The van der Waals surface area contributed by atoms with Crippen LogP contribution in [-0.2, 0) is 6.42 Å². The summed E-state index contributed by atoms with van der Waals surface area (Å²) < 4.78 is 14.5. The number of ether oxygens (including phenoxy) is 2. The van der Waals surface area contributed by atoms with E-state index in [-0.39, 0.29) is 11.7 Å². The Bertz CT molecular complexity index is 1170. The number of hydrogen-bond donors (Lipinski definition) is 0. The summed E-state index contributed by atoms with van der Waals surface area (Å²) in [7, 11) is 1.59. The normalized spacial score (nSPS) is 11.6. The number of methoxy groups -OCH3 is 1. The van der Waals surface area contributed by atoms with Crippen LogP contribution in [0.4, 0.5) is 0 Å². The van der Waals surface area contributed by atoms with Gasteiger partial charge < -0.3 is 9.47 Å². The van der Waals surface area contributed by atoms with Gasteiger partial charge in [-0.2, -0.15) is 9.78 Å². The minimum Gasteiger partial charge on any atom is -0.493 e. The maximum absolute atomic E-state index is 13.3. The first-order chi connectivity index (χ1) is 14.8. The summed E-state index contributed by atoms with van der Waals surface area (Å²) in [6, 6.07) is 9.22. The van der Waals surface area contributed by atoms with E-state index in [0.717, 1.165) is 21.8 Å². The second-order valence-corrected chi connectivity index (χ2v) is 9.18. The zero-order valence-corrected chi connectivity index (χ0v) is 21.2. The number of hydrogen-bond acceptors (Lipinski definition) is 5. The molecule has 0 unspecified atom stereocenters. The van der Waals surface area contributed by atoms with Crippen molar-refractivity contribution in [2.75, 3.05) is 7.11 Å². The average molecular weight is 551 g/mol. The highest BCUT2D eigenvalue weighted by molar-refractivity contribution is 9.10. The van der Waals surface area contributed by atoms with E-state index in [0.29, 0.717) is 40.2 Å². The third kappa shape index (κ3) is 5.54. The predicted octanol–water partition coefficient (Wildman–Crippen LogP) is 5.94. The monoisotopic (exact) mass is 549 g/mol. The third-order valence-electron chi connectivity index (χ3n) is 4.56. The average Bonchev–Trinajstić information content (AvgIpc) is 2.73. The lowest BCUT2D eigenvalue weighted by molar-refractivity contribution is 0.229. The van der Waals surface area contributed by atoms with E-state index in [1.54, 1.807) is 19.4 Å². The van der Waals surface area contributed by atoms with Crippen molar-refractivity contribution in [3.63, 3.8) is 0 Å². The molecule has 31 heavy (non-hydrogen) atoms. The highest BCUT2D eigenvalue weighted by atomic mass is 79.9. The molecule has 0 saturated carbocycles. The summed E-state index contributed by atoms with van der Waals surface area (Å²) in [5.41, 5.74) is 1.16. The Hall–Kier alpha value is -2.19. The fourth-order valence-corrected chi connectivity index (χ4v) is 3.94. The van der Waals surface area contributed by atoms with Crippen LogP contribution in [0, 0.1) is 0 Å². The molecule has 0 saturated heterocycles. The molecular formula is C23H25Br2N3O3. The summed E-state index contributed by atoms with van der Waals surface area (Å²) in [5.74, 6) is 1.79. The Balaban J connectivity index is 2.17. The first-order valence-electron chi connectivity index (χ1n) is 10.1. The first kappa shape index (κ1) is 23.5. The minimum atomic E-state index is -0.207. The minimum absolute atomic E-state index is 0.0512. The predicted molar refractivity (Wildman–Crippen MR) is 132 cm³/mol. The Labute approximate surface area is 198 Å². The zero-order chi connectivity index (χ0) is 22.5. The molecule has 3 aromatic rings. The van der Waals surface area contributed by atoms with Crippen molar-refractivity contribution in [2.24, 2.45) is 5.10 Å². The van der Waals surface area contributed by atoms with Crippen molar-refractivity contribution >= 4 is 49.0 Å². The van der Waals surface area contributed by atoms with Crippen LogP contribution in [0.5, 0.6) is 11.5 Å². The van der Waals surface area contributed by atoms with E-state index in [2.05, 4.69) is 43.9 Å². The Morgan fingerprint density at radius 1 is 1.19 bits per heavy atom. The summed E-state index contributed by atoms with van der Waals surface area (Å²) in [4.78, 5) is 18.0. The van der Waals surface area contributed by atoms with Crippen LogP contribution in [0.3, 0.4) is 0 Å². The summed E-state index contributed by atoms with van der Waals surface area (Å²) in [6.07, 6.45) is 4.13. The van der Waals surface area contributed by atoms with Gasteiger partial charge in [0.2, 0.25) is 0 Å². The molecule has 0 aliphatic carbocycles. The van der Waals surface area contributed by atoms with Crippen molar-refractivity contribution < 1.29 is 9.47 Å². The first-order valence-corrected chi connectivity index (χ1v) is 11.7. The summed E-state index contributed by atoms with van der Waals surface area (Å²) in [5, 5.41) is 5.05. The van der Waals surface area contributed by atoms with Gasteiger partial charge >= 0.3 is 0 Å². The van der Waals surface area contributed by atoms with E-state index in [9.17, 15) is 4.79 Å². The number of halogens is 2. The van der Waals surface area contributed by atoms with Crippen LogP contribution in [0.15, 0.2) is 49.2 Å². The molecule has 8 heteroatoms. The molecule has 6 nitrogen and oxygen atoms in total. The van der Waals surface area contributed by atoms with Crippen LogP contribution in [-0.4, -0.2) is 29.1 Å². The van der Waals surface area contributed by atoms with E-state index in [1.807, 2.05) is 38.1 Å².